The molecule has 2 heteroatoms. The number of esters is 1. The summed E-state index contributed by atoms with van der Waals surface area (Å²) in [5, 5.41) is 0. The summed E-state index contributed by atoms with van der Waals surface area (Å²) in [6.07, 6.45) is 2.05. The average Bonchev–Trinajstić information content (AvgIpc) is 2.76. The number of benzene rings is 3. The van der Waals surface area contributed by atoms with E-state index in [-0.39, 0.29) is 5.97 Å². The first-order valence-corrected chi connectivity index (χ1v) is 11.4. The van der Waals surface area contributed by atoms with Gasteiger partial charge in [-0.05, 0) is 48.0 Å². The minimum absolute atomic E-state index is 0.182. The average molecular weight is 435 g/mol. The van der Waals surface area contributed by atoms with Crippen LogP contribution in [0.3, 0.4) is 0 Å². The highest BCUT2D eigenvalue weighted by Gasteiger charge is 1.88. The Bertz CT molecular complexity index is 678. The highest BCUT2D eigenvalue weighted by Crippen LogP contribution is 2.00. The van der Waals surface area contributed by atoms with Gasteiger partial charge in [0.1, 0.15) is 0 Å². The fourth-order valence-corrected chi connectivity index (χ4v) is 2.27. The summed E-state index contributed by atoms with van der Waals surface area (Å²) in [6, 6.07) is 25.4. The second-order valence-electron chi connectivity index (χ2n) is 8.16. The van der Waals surface area contributed by atoms with Gasteiger partial charge in [-0.25, -0.2) is 0 Å². The Labute approximate surface area is 196 Å². The van der Waals surface area contributed by atoms with E-state index >= 15 is 0 Å². The second kappa shape index (κ2) is 17.8. The van der Waals surface area contributed by atoms with Crippen molar-refractivity contribution in [3.63, 3.8) is 0 Å². The maximum atomic E-state index is 10.1. The van der Waals surface area contributed by atoms with Gasteiger partial charge >= 0.3 is 5.97 Å². The maximum absolute atomic E-state index is 10.1. The molecule has 0 aliphatic heterocycles. The third-order valence-electron chi connectivity index (χ3n) is 4.46. The molecule has 0 saturated heterocycles. The predicted octanol–water partition coefficient (Wildman–Crippen LogP) is 8.26. The van der Waals surface area contributed by atoms with Crippen LogP contribution < -0.4 is 0 Å². The van der Waals surface area contributed by atoms with Crippen LogP contribution in [0.5, 0.6) is 0 Å². The fourth-order valence-electron chi connectivity index (χ4n) is 2.27. The number of carbonyl (C=O) groups is 1. The summed E-state index contributed by atoms with van der Waals surface area (Å²) in [6.45, 7) is 16.6. The molecule has 2 nitrogen and oxygen atoms in total. The molecule has 32 heavy (non-hydrogen) atoms. The molecule has 3 aromatic rings. The minimum atomic E-state index is -0.182. The van der Waals surface area contributed by atoms with Crippen LogP contribution in [0.15, 0.2) is 72.8 Å². The van der Waals surface area contributed by atoms with E-state index in [9.17, 15) is 4.79 Å². The minimum Gasteiger partial charge on any atom is -0.466 e. The summed E-state index contributed by atoms with van der Waals surface area (Å²) in [5.74, 6) is -0.182. The zero-order valence-electron chi connectivity index (χ0n) is 21.4. The van der Waals surface area contributed by atoms with Crippen LogP contribution in [0.1, 0.15) is 60.1 Å². The van der Waals surface area contributed by atoms with Gasteiger partial charge in [-0.3, -0.25) is 4.79 Å². The molecule has 3 rings (SSSR count). The van der Waals surface area contributed by atoms with Crippen LogP contribution in [0.4, 0.5) is 0 Å². The Balaban J connectivity index is 0.000000400. The summed E-state index contributed by atoms with van der Waals surface area (Å²) < 4.78 is 4.64. The van der Waals surface area contributed by atoms with Gasteiger partial charge in [-0.2, -0.15) is 0 Å². The van der Waals surface area contributed by atoms with E-state index < -0.39 is 0 Å². The fraction of sp³-hybridized carbons (Fsp3) is 0.367. The first kappa shape index (κ1) is 29.1. The summed E-state index contributed by atoms with van der Waals surface area (Å²) in [7, 11) is 0. The molecule has 0 fully saturated rings. The topological polar surface area (TPSA) is 26.3 Å². The first-order chi connectivity index (χ1) is 15.1. The van der Waals surface area contributed by atoms with Crippen molar-refractivity contribution in [3.05, 3.63) is 106 Å². The third-order valence-corrected chi connectivity index (χ3v) is 4.46. The van der Waals surface area contributed by atoms with Crippen LogP contribution >= 0.6 is 0 Å². The molecule has 0 heterocycles. The van der Waals surface area contributed by atoms with Crippen molar-refractivity contribution in [2.75, 3.05) is 6.61 Å². The molecule has 0 bridgehead atoms. The first-order valence-electron chi connectivity index (χ1n) is 11.4. The van der Waals surface area contributed by atoms with Crippen LogP contribution in [-0.4, -0.2) is 12.6 Å². The number of unbranched alkanes of at least 4 members (excludes halogenated alkanes) is 1. The van der Waals surface area contributed by atoms with E-state index in [1.54, 1.807) is 0 Å². The zero-order chi connectivity index (χ0) is 24.4. The van der Waals surface area contributed by atoms with Crippen molar-refractivity contribution in [1.29, 1.82) is 0 Å². The van der Waals surface area contributed by atoms with Crippen molar-refractivity contribution >= 4 is 5.97 Å². The highest BCUT2D eigenvalue weighted by atomic mass is 16.5. The van der Waals surface area contributed by atoms with Crippen molar-refractivity contribution in [1.82, 2.24) is 0 Å². The van der Waals surface area contributed by atoms with Crippen LogP contribution in [0, 0.1) is 41.5 Å². The van der Waals surface area contributed by atoms with Gasteiger partial charge in [0.05, 0.1) is 6.61 Å². The quantitative estimate of drug-likeness (QED) is 0.306. The molecule has 0 aromatic heterocycles. The van der Waals surface area contributed by atoms with E-state index in [1.165, 1.54) is 40.3 Å². The Morgan fingerprint density at radius 3 is 0.938 bits per heavy atom. The van der Waals surface area contributed by atoms with E-state index in [1.807, 2.05) is 0 Å². The second-order valence-corrected chi connectivity index (χ2v) is 8.16. The van der Waals surface area contributed by atoms with Gasteiger partial charge < -0.3 is 4.74 Å². The Morgan fingerprint density at radius 2 is 0.781 bits per heavy atom. The Kier molecular flexibility index (Phi) is 16.2. The van der Waals surface area contributed by atoms with Crippen LogP contribution in [0.25, 0.3) is 0 Å². The number of ether oxygens (including phenoxy) is 1. The predicted molar refractivity (Wildman–Crippen MR) is 139 cm³/mol. The standard InChI is InChI=1S/3C8H10.C6H12O2/c3*1-7-3-5-8(2)6-4-7;1-3-4-5-8-6(2)7/h3*3-6H,1-2H3;3-5H2,1-2H3. The van der Waals surface area contributed by atoms with Crippen molar-refractivity contribution < 1.29 is 9.53 Å². The van der Waals surface area contributed by atoms with Gasteiger partial charge in [0.15, 0.2) is 0 Å². The van der Waals surface area contributed by atoms with Gasteiger partial charge in [0, 0.05) is 6.92 Å². The summed E-state index contributed by atoms with van der Waals surface area (Å²) in [4.78, 5) is 10.1. The molecule has 0 atom stereocenters. The molecule has 0 radical (unpaired) electrons. The largest absolute Gasteiger partial charge is 0.466 e. The van der Waals surface area contributed by atoms with E-state index in [2.05, 4.69) is 126 Å². The Hall–Kier alpha value is -2.87. The molecule has 0 saturated carbocycles. The number of hydrogen-bond donors (Lipinski definition) is 0. The normalized spacial score (nSPS) is 9.12. The van der Waals surface area contributed by atoms with Gasteiger partial charge in [0.2, 0.25) is 0 Å². The third kappa shape index (κ3) is 17.9. The highest BCUT2D eigenvalue weighted by molar-refractivity contribution is 5.65. The number of carbonyl (C=O) groups excluding carboxylic acids is 1. The SMILES string of the molecule is CCCCOC(C)=O.Cc1ccc(C)cc1.Cc1ccc(C)cc1.Cc1ccc(C)cc1. The van der Waals surface area contributed by atoms with E-state index in [4.69, 9.17) is 0 Å². The number of hydrogen-bond acceptors (Lipinski definition) is 2. The summed E-state index contributed by atoms with van der Waals surface area (Å²) >= 11 is 0. The lowest BCUT2D eigenvalue weighted by atomic mass is 10.2. The van der Waals surface area contributed by atoms with Crippen molar-refractivity contribution in [2.24, 2.45) is 0 Å². The molecule has 0 aliphatic rings. The monoisotopic (exact) mass is 434 g/mol. The van der Waals surface area contributed by atoms with Gasteiger partial charge in [-0.15, -0.1) is 0 Å². The smallest absolute Gasteiger partial charge is 0.302 e. The lowest BCUT2D eigenvalue weighted by Gasteiger charge is -1.96. The molecule has 0 unspecified atom stereocenters. The van der Waals surface area contributed by atoms with Crippen molar-refractivity contribution in [2.45, 2.75) is 68.2 Å². The molecular formula is C30H42O2. The molecule has 0 spiro atoms. The molecule has 0 aliphatic carbocycles. The molecule has 0 N–H and O–H groups in total. The lowest BCUT2D eigenvalue weighted by Crippen LogP contribution is -1.99. The number of rotatable bonds is 3. The molecule has 3 aromatic carbocycles. The molecule has 0 amide bonds. The summed E-state index contributed by atoms with van der Waals surface area (Å²) in [5.41, 5.74) is 7.98. The van der Waals surface area contributed by atoms with Crippen molar-refractivity contribution in [3.8, 4) is 0 Å². The lowest BCUT2D eigenvalue weighted by molar-refractivity contribution is -0.141. The zero-order valence-corrected chi connectivity index (χ0v) is 21.4. The molecule has 174 valence electrons. The van der Waals surface area contributed by atoms with E-state index in [0.29, 0.717) is 6.61 Å². The van der Waals surface area contributed by atoms with Gasteiger partial charge in [-0.1, -0.05) is 120 Å². The van der Waals surface area contributed by atoms with Crippen LogP contribution in [0.2, 0.25) is 0 Å². The molecular weight excluding hydrogens is 392 g/mol. The maximum Gasteiger partial charge on any atom is 0.302 e. The van der Waals surface area contributed by atoms with Crippen LogP contribution in [-0.2, 0) is 9.53 Å². The van der Waals surface area contributed by atoms with Gasteiger partial charge in [0.25, 0.3) is 0 Å². The van der Waals surface area contributed by atoms with E-state index in [0.717, 1.165) is 12.8 Å². The number of aryl methyl sites for hydroxylation is 6. The Morgan fingerprint density at radius 1 is 0.562 bits per heavy atom.